The molecular weight excluding hydrogens is 260 g/mol. The number of carbonyl (C=O) groups is 1. The van der Waals surface area contributed by atoms with E-state index in [9.17, 15) is 4.79 Å². The Hall–Kier alpha value is -1.51. The van der Waals surface area contributed by atoms with Gasteiger partial charge in [-0.15, -0.1) is 0 Å². The van der Waals surface area contributed by atoms with Crippen molar-refractivity contribution in [2.24, 2.45) is 0 Å². The Labute approximate surface area is 128 Å². The number of hydrogen-bond donors (Lipinski definition) is 0. The number of aryl methyl sites for hydroxylation is 1. The molecule has 0 saturated carbocycles. The molecule has 116 valence electrons. The zero-order valence-electron chi connectivity index (χ0n) is 13.7. The fourth-order valence-corrected chi connectivity index (χ4v) is 2.17. The SMILES string of the molecule is CCCC/C(=C\C(=O)CC)Cc1nccc(CCCC)n1. The fourth-order valence-electron chi connectivity index (χ4n) is 2.17. The maximum Gasteiger partial charge on any atom is 0.155 e. The zero-order valence-corrected chi connectivity index (χ0v) is 13.7. The summed E-state index contributed by atoms with van der Waals surface area (Å²) in [5.41, 5.74) is 2.27. The molecule has 1 rings (SSSR count). The largest absolute Gasteiger partial charge is 0.295 e. The Kier molecular flexibility index (Phi) is 8.56. The van der Waals surface area contributed by atoms with Crippen LogP contribution in [-0.2, 0) is 17.6 Å². The van der Waals surface area contributed by atoms with Crippen molar-refractivity contribution in [1.29, 1.82) is 0 Å². The highest BCUT2D eigenvalue weighted by Crippen LogP contribution is 2.13. The van der Waals surface area contributed by atoms with E-state index in [4.69, 9.17) is 0 Å². The Morgan fingerprint density at radius 1 is 1.19 bits per heavy atom. The van der Waals surface area contributed by atoms with Crippen molar-refractivity contribution in [3.8, 4) is 0 Å². The molecule has 1 aromatic rings. The van der Waals surface area contributed by atoms with Gasteiger partial charge in [0.15, 0.2) is 5.78 Å². The lowest BCUT2D eigenvalue weighted by Gasteiger charge is -2.07. The van der Waals surface area contributed by atoms with Crippen LogP contribution >= 0.6 is 0 Å². The van der Waals surface area contributed by atoms with Crippen molar-refractivity contribution in [2.45, 2.75) is 72.1 Å². The second-order valence-corrected chi connectivity index (χ2v) is 5.47. The van der Waals surface area contributed by atoms with Crippen molar-refractivity contribution in [2.75, 3.05) is 0 Å². The molecule has 0 saturated heterocycles. The highest BCUT2D eigenvalue weighted by Gasteiger charge is 2.06. The van der Waals surface area contributed by atoms with Crippen LogP contribution in [0.2, 0.25) is 0 Å². The molecule has 0 aliphatic carbocycles. The first-order valence-electron chi connectivity index (χ1n) is 8.22. The number of nitrogens with zero attached hydrogens (tertiary/aromatic N) is 2. The first-order valence-corrected chi connectivity index (χ1v) is 8.22. The van der Waals surface area contributed by atoms with Crippen LogP contribution in [0.1, 0.15) is 70.8 Å². The van der Waals surface area contributed by atoms with Crippen molar-refractivity contribution < 1.29 is 4.79 Å². The molecule has 21 heavy (non-hydrogen) atoms. The van der Waals surface area contributed by atoms with E-state index in [-0.39, 0.29) is 5.78 Å². The van der Waals surface area contributed by atoms with Gasteiger partial charge in [-0.25, -0.2) is 9.97 Å². The molecule has 1 heterocycles. The average molecular weight is 288 g/mol. The minimum absolute atomic E-state index is 0.197. The van der Waals surface area contributed by atoms with Gasteiger partial charge in [-0.3, -0.25) is 4.79 Å². The molecule has 0 spiro atoms. The third-order valence-electron chi connectivity index (χ3n) is 3.50. The summed E-state index contributed by atoms with van der Waals surface area (Å²) >= 11 is 0. The van der Waals surface area contributed by atoms with Crippen LogP contribution in [0.25, 0.3) is 0 Å². The molecule has 3 nitrogen and oxygen atoms in total. The summed E-state index contributed by atoms with van der Waals surface area (Å²) in [6, 6.07) is 1.99. The van der Waals surface area contributed by atoms with Gasteiger partial charge >= 0.3 is 0 Å². The Balaban J connectivity index is 2.77. The molecule has 0 N–H and O–H groups in total. The molecule has 0 aromatic carbocycles. The minimum atomic E-state index is 0.197. The number of hydrogen-bond acceptors (Lipinski definition) is 3. The molecule has 0 amide bonds. The first-order chi connectivity index (χ1) is 10.2. The lowest BCUT2D eigenvalue weighted by Crippen LogP contribution is -2.03. The highest BCUT2D eigenvalue weighted by atomic mass is 16.1. The summed E-state index contributed by atoms with van der Waals surface area (Å²) in [7, 11) is 0. The van der Waals surface area contributed by atoms with Crippen LogP contribution in [-0.4, -0.2) is 15.8 Å². The summed E-state index contributed by atoms with van der Waals surface area (Å²) in [6.45, 7) is 6.25. The van der Waals surface area contributed by atoms with Crippen LogP contribution < -0.4 is 0 Å². The summed E-state index contributed by atoms with van der Waals surface area (Å²) in [4.78, 5) is 20.7. The lowest BCUT2D eigenvalue weighted by molar-refractivity contribution is -0.114. The third kappa shape index (κ3) is 7.16. The molecule has 0 fully saturated rings. The van der Waals surface area contributed by atoms with Crippen LogP contribution in [0.4, 0.5) is 0 Å². The summed E-state index contributed by atoms with van der Waals surface area (Å²) in [6.07, 6.45) is 11.4. The quantitative estimate of drug-likeness (QED) is 0.597. The van der Waals surface area contributed by atoms with Crippen molar-refractivity contribution >= 4 is 5.78 Å². The van der Waals surface area contributed by atoms with Gasteiger partial charge in [0.1, 0.15) is 5.82 Å². The monoisotopic (exact) mass is 288 g/mol. The van der Waals surface area contributed by atoms with Gasteiger partial charge in [0, 0.05) is 24.7 Å². The zero-order chi connectivity index (χ0) is 15.5. The number of rotatable bonds is 10. The van der Waals surface area contributed by atoms with Crippen LogP contribution in [0, 0.1) is 0 Å². The summed E-state index contributed by atoms with van der Waals surface area (Å²) < 4.78 is 0. The van der Waals surface area contributed by atoms with Gasteiger partial charge in [0.05, 0.1) is 0 Å². The van der Waals surface area contributed by atoms with Crippen LogP contribution in [0.15, 0.2) is 23.9 Å². The van der Waals surface area contributed by atoms with Gasteiger partial charge in [-0.05, 0) is 37.8 Å². The molecule has 0 unspecified atom stereocenters. The minimum Gasteiger partial charge on any atom is -0.295 e. The van der Waals surface area contributed by atoms with Crippen LogP contribution in [0.3, 0.4) is 0 Å². The summed E-state index contributed by atoms with van der Waals surface area (Å²) in [5.74, 6) is 1.04. The molecule has 3 heteroatoms. The smallest absolute Gasteiger partial charge is 0.155 e. The van der Waals surface area contributed by atoms with E-state index < -0.39 is 0 Å². The first kappa shape index (κ1) is 17.5. The van der Waals surface area contributed by atoms with Gasteiger partial charge in [0.25, 0.3) is 0 Å². The van der Waals surface area contributed by atoms with E-state index in [2.05, 4.69) is 23.8 Å². The molecular formula is C18H28N2O. The molecule has 1 aromatic heterocycles. The maximum absolute atomic E-state index is 11.7. The Morgan fingerprint density at radius 3 is 2.62 bits per heavy atom. The number of ketones is 1. The Bertz CT molecular complexity index is 466. The number of carbonyl (C=O) groups excluding carboxylic acids is 1. The number of aromatic nitrogens is 2. The van der Waals surface area contributed by atoms with E-state index >= 15 is 0 Å². The van der Waals surface area contributed by atoms with E-state index in [1.807, 2.05) is 19.2 Å². The predicted octanol–water partition coefficient (Wildman–Crippen LogP) is 4.46. The Morgan fingerprint density at radius 2 is 1.95 bits per heavy atom. The predicted molar refractivity (Wildman–Crippen MR) is 87.3 cm³/mol. The van der Waals surface area contributed by atoms with Gasteiger partial charge in [0.2, 0.25) is 0 Å². The number of unbranched alkanes of at least 4 members (excludes halogenated alkanes) is 2. The van der Waals surface area contributed by atoms with Gasteiger partial charge in [-0.1, -0.05) is 39.2 Å². The molecule has 0 aliphatic rings. The normalized spacial score (nSPS) is 11.7. The van der Waals surface area contributed by atoms with E-state index in [1.54, 1.807) is 6.08 Å². The highest BCUT2D eigenvalue weighted by molar-refractivity contribution is 5.90. The molecule has 0 bridgehead atoms. The van der Waals surface area contributed by atoms with E-state index in [1.165, 1.54) is 6.42 Å². The fraction of sp³-hybridized carbons (Fsp3) is 0.611. The average Bonchev–Trinajstić information content (AvgIpc) is 2.50. The summed E-state index contributed by atoms with van der Waals surface area (Å²) in [5, 5.41) is 0. The molecule has 0 atom stereocenters. The lowest BCUT2D eigenvalue weighted by atomic mass is 10.0. The van der Waals surface area contributed by atoms with Crippen LogP contribution in [0.5, 0.6) is 0 Å². The van der Waals surface area contributed by atoms with Gasteiger partial charge < -0.3 is 0 Å². The molecule has 0 radical (unpaired) electrons. The van der Waals surface area contributed by atoms with Crippen molar-refractivity contribution in [1.82, 2.24) is 9.97 Å². The van der Waals surface area contributed by atoms with E-state index in [0.29, 0.717) is 12.8 Å². The maximum atomic E-state index is 11.7. The van der Waals surface area contributed by atoms with Crippen molar-refractivity contribution in [3.05, 3.63) is 35.4 Å². The standard InChI is InChI=1S/C18H28N2O/c1-4-7-9-15(13-17(21)6-3)14-18-19-12-11-16(20-18)10-8-5-2/h11-13H,4-10,14H2,1-3H3/b15-13+. The van der Waals surface area contributed by atoms with Crippen molar-refractivity contribution in [3.63, 3.8) is 0 Å². The number of allylic oxidation sites excluding steroid dienone is 2. The second-order valence-electron chi connectivity index (χ2n) is 5.47. The van der Waals surface area contributed by atoms with E-state index in [0.717, 1.165) is 49.2 Å². The third-order valence-corrected chi connectivity index (χ3v) is 3.50. The van der Waals surface area contributed by atoms with Gasteiger partial charge in [-0.2, -0.15) is 0 Å². The second kappa shape index (κ2) is 10.3. The topological polar surface area (TPSA) is 42.9 Å². The molecule has 0 aliphatic heterocycles.